The van der Waals surface area contributed by atoms with Gasteiger partial charge in [0.2, 0.25) is 0 Å². The van der Waals surface area contributed by atoms with E-state index in [0.717, 1.165) is 21.2 Å². The summed E-state index contributed by atoms with van der Waals surface area (Å²) in [7, 11) is 1.61. The summed E-state index contributed by atoms with van der Waals surface area (Å²) in [6.45, 7) is 3.89. The molecule has 19 heavy (non-hydrogen) atoms. The van der Waals surface area contributed by atoms with Gasteiger partial charge in [0, 0.05) is 15.6 Å². The van der Waals surface area contributed by atoms with Gasteiger partial charge in [0.1, 0.15) is 11.9 Å². The lowest BCUT2D eigenvalue weighted by atomic mass is 9.96. The average Bonchev–Trinajstić information content (AvgIpc) is 2.79. The number of methoxy groups -OCH3 is 1. The second-order valence-corrected chi connectivity index (χ2v) is 5.87. The van der Waals surface area contributed by atoms with Crippen molar-refractivity contribution in [2.75, 3.05) is 7.11 Å². The summed E-state index contributed by atoms with van der Waals surface area (Å²) in [5.74, 6) is 0.696. The van der Waals surface area contributed by atoms with Gasteiger partial charge in [-0.25, -0.2) is 0 Å². The fraction of sp³-hybridized carbons (Fsp3) is 0.286. The number of aliphatic hydroxyl groups excluding tert-OH is 1. The number of aryl methyl sites for hydroxylation is 1. The Balaban J connectivity index is 2.64. The highest BCUT2D eigenvalue weighted by Crippen LogP contribution is 2.40. The van der Waals surface area contributed by atoms with E-state index in [1.807, 2.05) is 19.9 Å². The minimum Gasteiger partial charge on any atom is -0.496 e. The first-order valence-electron chi connectivity index (χ1n) is 5.72. The molecule has 0 fully saturated rings. The van der Waals surface area contributed by atoms with Gasteiger partial charge < -0.3 is 14.3 Å². The zero-order valence-corrected chi connectivity index (χ0v) is 14.0. The van der Waals surface area contributed by atoms with Gasteiger partial charge in [0.25, 0.3) is 0 Å². The molecule has 1 N–H and O–H groups in total. The van der Waals surface area contributed by atoms with E-state index in [9.17, 15) is 5.11 Å². The Labute approximate surface area is 128 Å². The Morgan fingerprint density at radius 3 is 2.53 bits per heavy atom. The highest BCUT2D eigenvalue weighted by Gasteiger charge is 2.24. The number of rotatable bonds is 3. The van der Waals surface area contributed by atoms with Crippen LogP contribution in [0.15, 0.2) is 32.0 Å². The van der Waals surface area contributed by atoms with Crippen molar-refractivity contribution in [2.24, 2.45) is 0 Å². The van der Waals surface area contributed by atoms with Crippen LogP contribution in [0.5, 0.6) is 5.75 Å². The lowest BCUT2D eigenvalue weighted by Gasteiger charge is -2.20. The van der Waals surface area contributed by atoms with E-state index in [-0.39, 0.29) is 0 Å². The van der Waals surface area contributed by atoms with Gasteiger partial charge in [-0.3, -0.25) is 0 Å². The highest BCUT2D eigenvalue weighted by molar-refractivity contribution is 9.10. The maximum absolute atomic E-state index is 10.6. The van der Waals surface area contributed by atoms with Gasteiger partial charge in [-0.05, 0) is 53.0 Å². The Bertz CT molecular complexity index is 605. The zero-order valence-electron chi connectivity index (χ0n) is 10.8. The van der Waals surface area contributed by atoms with Crippen molar-refractivity contribution in [2.45, 2.75) is 20.0 Å². The van der Waals surface area contributed by atoms with E-state index >= 15 is 0 Å². The van der Waals surface area contributed by atoms with Crippen molar-refractivity contribution in [1.82, 2.24) is 0 Å². The average molecular weight is 390 g/mol. The topological polar surface area (TPSA) is 42.6 Å². The molecule has 2 aromatic rings. The van der Waals surface area contributed by atoms with E-state index in [1.54, 1.807) is 13.2 Å². The van der Waals surface area contributed by atoms with Crippen LogP contribution in [-0.2, 0) is 0 Å². The number of benzene rings is 1. The Kier molecular flexibility index (Phi) is 4.38. The lowest BCUT2D eigenvalue weighted by Crippen LogP contribution is -2.06. The second-order valence-electron chi connectivity index (χ2n) is 4.30. The summed E-state index contributed by atoms with van der Waals surface area (Å²) in [5, 5.41) is 10.6. The molecule has 0 bridgehead atoms. The van der Waals surface area contributed by atoms with E-state index in [0.29, 0.717) is 16.0 Å². The Hall–Kier alpha value is -0.780. The molecule has 0 saturated carbocycles. The Morgan fingerprint density at radius 2 is 2.00 bits per heavy atom. The quantitative estimate of drug-likeness (QED) is 0.839. The SMILES string of the molecule is COc1c(C)cc(Br)c(C)c1C(O)c1ccoc1Br. The van der Waals surface area contributed by atoms with E-state index in [1.165, 1.54) is 6.26 Å². The maximum atomic E-state index is 10.6. The molecule has 1 atom stereocenters. The van der Waals surface area contributed by atoms with Crippen LogP contribution in [-0.4, -0.2) is 12.2 Å². The van der Waals surface area contributed by atoms with Crippen molar-refractivity contribution >= 4 is 31.9 Å². The summed E-state index contributed by atoms with van der Waals surface area (Å²) in [5.41, 5.74) is 3.34. The molecule has 0 saturated heterocycles. The molecule has 1 aromatic carbocycles. The van der Waals surface area contributed by atoms with Crippen molar-refractivity contribution in [1.29, 1.82) is 0 Å². The standard InChI is InChI=1S/C14H14Br2O3/c1-7-6-10(15)8(2)11(13(7)18-3)12(17)9-4-5-19-14(9)16/h4-6,12,17H,1-3H3. The molecule has 1 heterocycles. The van der Waals surface area contributed by atoms with Gasteiger partial charge in [-0.15, -0.1) is 0 Å². The minimum atomic E-state index is -0.806. The third-order valence-electron chi connectivity index (χ3n) is 3.13. The number of halogens is 2. The molecule has 5 heteroatoms. The van der Waals surface area contributed by atoms with Gasteiger partial charge >= 0.3 is 0 Å². The fourth-order valence-corrected chi connectivity index (χ4v) is 3.14. The van der Waals surface area contributed by atoms with E-state index in [4.69, 9.17) is 9.15 Å². The van der Waals surface area contributed by atoms with Crippen LogP contribution in [0.1, 0.15) is 28.4 Å². The molecule has 0 spiro atoms. The van der Waals surface area contributed by atoms with Crippen LogP contribution >= 0.6 is 31.9 Å². The lowest BCUT2D eigenvalue weighted by molar-refractivity contribution is 0.211. The predicted octanol–water partition coefficient (Wildman–Crippen LogP) is 4.51. The van der Waals surface area contributed by atoms with Crippen LogP contribution in [0.2, 0.25) is 0 Å². The first-order valence-corrected chi connectivity index (χ1v) is 7.30. The van der Waals surface area contributed by atoms with E-state index in [2.05, 4.69) is 31.9 Å². The van der Waals surface area contributed by atoms with Crippen LogP contribution in [0.25, 0.3) is 0 Å². The smallest absolute Gasteiger partial charge is 0.175 e. The molecule has 0 aliphatic carbocycles. The van der Waals surface area contributed by atoms with Crippen LogP contribution in [0.4, 0.5) is 0 Å². The molecule has 2 rings (SSSR count). The fourth-order valence-electron chi connectivity index (χ4n) is 2.13. The molecule has 0 aliphatic rings. The van der Waals surface area contributed by atoms with Crippen LogP contribution in [0, 0.1) is 13.8 Å². The number of hydrogen-bond acceptors (Lipinski definition) is 3. The largest absolute Gasteiger partial charge is 0.496 e. The molecule has 0 radical (unpaired) electrons. The molecular weight excluding hydrogens is 376 g/mol. The van der Waals surface area contributed by atoms with Crippen molar-refractivity contribution in [3.63, 3.8) is 0 Å². The number of hydrogen-bond donors (Lipinski definition) is 1. The molecule has 102 valence electrons. The molecule has 3 nitrogen and oxygen atoms in total. The molecule has 0 aliphatic heterocycles. The first kappa shape index (κ1) is 14.6. The number of ether oxygens (including phenoxy) is 1. The van der Waals surface area contributed by atoms with Gasteiger partial charge in [0.15, 0.2) is 4.67 Å². The normalized spacial score (nSPS) is 12.5. The summed E-state index contributed by atoms with van der Waals surface area (Å²) < 4.78 is 12.1. The van der Waals surface area contributed by atoms with Crippen molar-refractivity contribution < 1.29 is 14.3 Å². The van der Waals surface area contributed by atoms with Crippen molar-refractivity contribution in [3.8, 4) is 5.75 Å². The molecule has 1 unspecified atom stereocenters. The third-order valence-corrected chi connectivity index (χ3v) is 4.59. The highest BCUT2D eigenvalue weighted by atomic mass is 79.9. The second kappa shape index (κ2) is 5.69. The molecule has 1 aromatic heterocycles. The summed E-state index contributed by atoms with van der Waals surface area (Å²) in [6.07, 6.45) is 0.731. The van der Waals surface area contributed by atoms with E-state index < -0.39 is 6.10 Å². The zero-order chi connectivity index (χ0) is 14.2. The summed E-state index contributed by atoms with van der Waals surface area (Å²) in [6, 6.07) is 3.72. The summed E-state index contributed by atoms with van der Waals surface area (Å²) >= 11 is 6.80. The predicted molar refractivity (Wildman–Crippen MR) is 80.6 cm³/mol. The van der Waals surface area contributed by atoms with Gasteiger partial charge in [-0.2, -0.15) is 0 Å². The monoisotopic (exact) mass is 388 g/mol. The maximum Gasteiger partial charge on any atom is 0.175 e. The number of furan rings is 1. The summed E-state index contributed by atoms with van der Waals surface area (Å²) in [4.78, 5) is 0. The first-order chi connectivity index (χ1) is 8.97. The van der Waals surface area contributed by atoms with Gasteiger partial charge in [0.05, 0.1) is 13.4 Å². The Morgan fingerprint density at radius 1 is 1.32 bits per heavy atom. The van der Waals surface area contributed by atoms with Gasteiger partial charge in [-0.1, -0.05) is 15.9 Å². The number of aliphatic hydroxyl groups is 1. The van der Waals surface area contributed by atoms with Crippen LogP contribution < -0.4 is 4.74 Å². The molecular formula is C14H14Br2O3. The minimum absolute atomic E-state index is 0.527. The molecule has 0 amide bonds. The van der Waals surface area contributed by atoms with Crippen LogP contribution in [0.3, 0.4) is 0 Å². The third kappa shape index (κ3) is 2.59. The van der Waals surface area contributed by atoms with Crippen molar-refractivity contribution in [3.05, 3.63) is 49.8 Å².